The molecule has 0 aromatic heterocycles. The van der Waals surface area contributed by atoms with Crippen molar-refractivity contribution in [1.29, 1.82) is 0 Å². The van der Waals surface area contributed by atoms with Crippen LogP contribution < -0.4 is 9.80 Å². The molecule has 30 heavy (non-hydrogen) atoms. The minimum atomic E-state index is 0.534. The Bertz CT molecular complexity index is 740. The van der Waals surface area contributed by atoms with E-state index in [4.69, 9.17) is 18.9 Å². The zero-order valence-corrected chi connectivity index (χ0v) is 18.6. The highest BCUT2D eigenvalue weighted by molar-refractivity contribution is 5.75. The normalized spacial score (nSPS) is 16.4. The number of nitrogens with zero attached hydrogens (tertiary/aromatic N) is 2. The molecule has 0 bridgehead atoms. The minimum absolute atomic E-state index is 0.534. The van der Waals surface area contributed by atoms with Crippen molar-refractivity contribution in [2.24, 2.45) is 0 Å². The van der Waals surface area contributed by atoms with Crippen LogP contribution in [0, 0.1) is 0 Å². The maximum absolute atomic E-state index is 5.95. The molecule has 6 heteroatoms. The van der Waals surface area contributed by atoms with E-state index in [2.05, 4.69) is 74.4 Å². The summed E-state index contributed by atoms with van der Waals surface area (Å²) in [5.41, 5.74) is 6.99. The molecule has 2 aromatic rings. The fourth-order valence-electron chi connectivity index (χ4n) is 3.40. The Hall–Kier alpha value is -2.12. The van der Waals surface area contributed by atoms with Gasteiger partial charge in [0.05, 0.1) is 52.9 Å². The zero-order chi connectivity index (χ0) is 21.3. The predicted octanol–water partition coefficient (Wildman–Crippen LogP) is 3.57. The molecule has 0 unspecified atom stereocenters. The maximum Gasteiger partial charge on any atom is 0.0724 e. The smallest absolute Gasteiger partial charge is 0.0724 e. The molecule has 0 saturated carbocycles. The van der Waals surface area contributed by atoms with Crippen LogP contribution in [0.1, 0.15) is 11.1 Å². The Morgan fingerprint density at radius 3 is 1.27 bits per heavy atom. The van der Waals surface area contributed by atoms with E-state index in [0.717, 1.165) is 22.5 Å². The lowest BCUT2D eigenvalue weighted by atomic mass is 9.94. The van der Waals surface area contributed by atoms with Crippen LogP contribution in [-0.2, 0) is 32.2 Å². The Labute approximate surface area is 180 Å². The van der Waals surface area contributed by atoms with Crippen molar-refractivity contribution in [3.8, 4) is 11.1 Å². The van der Waals surface area contributed by atoms with Crippen molar-refractivity contribution in [3.05, 3.63) is 47.5 Å². The number of hydrogen-bond donors (Lipinski definition) is 0. The monoisotopic (exact) mass is 414 g/mol. The van der Waals surface area contributed by atoms with E-state index >= 15 is 0 Å². The second-order valence-electron chi connectivity index (χ2n) is 7.80. The predicted molar refractivity (Wildman–Crippen MR) is 121 cm³/mol. The summed E-state index contributed by atoms with van der Waals surface area (Å²) in [7, 11) is 8.22. The topological polar surface area (TPSA) is 43.4 Å². The molecule has 1 aliphatic heterocycles. The lowest BCUT2D eigenvalue weighted by molar-refractivity contribution is -0.00634. The van der Waals surface area contributed by atoms with E-state index in [-0.39, 0.29) is 0 Å². The third kappa shape index (κ3) is 6.19. The summed E-state index contributed by atoms with van der Waals surface area (Å²) in [6, 6.07) is 13.1. The third-order valence-electron chi connectivity index (χ3n) is 5.13. The maximum atomic E-state index is 5.95. The highest BCUT2D eigenvalue weighted by Crippen LogP contribution is 2.33. The summed E-state index contributed by atoms with van der Waals surface area (Å²) in [5, 5.41) is 0. The summed E-state index contributed by atoms with van der Waals surface area (Å²) in [4.78, 5) is 4.23. The molecule has 6 nitrogen and oxygen atoms in total. The van der Waals surface area contributed by atoms with E-state index in [1.807, 2.05) is 0 Å². The van der Waals surface area contributed by atoms with E-state index in [9.17, 15) is 0 Å². The van der Waals surface area contributed by atoms with Gasteiger partial charge in [-0.2, -0.15) is 0 Å². The molecule has 0 aliphatic carbocycles. The van der Waals surface area contributed by atoms with Crippen LogP contribution in [0.5, 0.6) is 0 Å². The van der Waals surface area contributed by atoms with Crippen LogP contribution in [0.4, 0.5) is 11.4 Å². The molecule has 1 heterocycles. The summed E-state index contributed by atoms with van der Waals surface area (Å²) in [6.07, 6.45) is 0. The summed E-state index contributed by atoms with van der Waals surface area (Å²) in [6.45, 7) is 4.44. The van der Waals surface area contributed by atoms with Crippen LogP contribution in [0.25, 0.3) is 11.1 Å². The van der Waals surface area contributed by atoms with Gasteiger partial charge in [0.25, 0.3) is 0 Å². The van der Waals surface area contributed by atoms with Gasteiger partial charge < -0.3 is 28.7 Å². The van der Waals surface area contributed by atoms with Gasteiger partial charge in [0.1, 0.15) is 0 Å². The number of rotatable bonds is 2. The molecule has 0 fully saturated rings. The van der Waals surface area contributed by atoms with E-state index in [1.165, 1.54) is 11.1 Å². The molecule has 1 aliphatic rings. The van der Waals surface area contributed by atoms with Crippen molar-refractivity contribution in [2.45, 2.75) is 13.2 Å². The lowest BCUT2D eigenvalue weighted by Gasteiger charge is -2.21. The third-order valence-corrected chi connectivity index (χ3v) is 5.13. The first kappa shape index (κ1) is 22.6. The average molecular weight is 415 g/mol. The fourth-order valence-corrected chi connectivity index (χ4v) is 3.40. The Morgan fingerprint density at radius 2 is 0.900 bits per heavy atom. The molecule has 0 amide bonds. The van der Waals surface area contributed by atoms with Crippen LogP contribution in [-0.4, -0.2) is 67.8 Å². The SMILES string of the molecule is CN(C)c1ccc2c(c1)COCCOCCOCCOCc1cc(N(C)C)ccc1-2. The highest BCUT2D eigenvalue weighted by atomic mass is 16.6. The molecule has 3 rings (SSSR count). The van der Waals surface area contributed by atoms with E-state index in [0.29, 0.717) is 52.9 Å². The number of ether oxygens (including phenoxy) is 4. The molecule has 164 valence electrons. The van der Waals surface area contributed by atoms with E-state index in [1.54, 1.807) is 0 Å². The fraction of sp³-hybridized carbons (Fsp3) is 0.500. The van der Waals surface area contributed by atoms with Gasteiger partial charge in [0.2, 0.25) is 0 Å². The first-order valence-electron chi connectivity index (χ1n) is 10.5. The lowest BCUT2D eigenvalue weighted by Crippen LogP contribution is -2.14. The second kappa shape index (κ2) is 11.3. The number of fused-ring (bicyclic) bond motifs is 3. The van der Waals surface area contributed by atoms with Gasteiger partial charge in [0, 0.05) is 39.6 Å². The molecular weight excluding hydrogens is 380 g/mol. The molecular formula is C24H34N2O4. The van der Waals surface area contributed by atoms with Crippen LogP contribution >= 0.6 is 0 Å². The van der Waals surface area contributed by atoms with Gasteiger partial charge in [-0.15, -0.1) is 0 Å². The van der Waals surface area contributed by atoms with Crippen molar-refractivity contribution >= 4 is 11.4 Å². The molecule has 0 spiro atoms. The largest absolute Gasteiger partial charge is 0.378 e. The molecule has 0 radical (unpaired) electrons. The zero-order valence-electron chi connectivity index (χ0n) is 18.6. The molecule has 0 N–H and O–H groups in total. The van der Waals surface area contributed by atoms with Crippen LogP contribution in [0.15, 0.2) is 36.4 Å². The molecule has 0 saturated heterocycles. The van der Waals surface area contributed by atoms with Gasteiger partial charge in [-0.1, -0.05) is 12.1 Å². The Balaban J connectivity index is 1.98. The second-order valence-corrected chi connectivity index (χ2v) is 7.80. The van der Waals surface area contributed by atoms with Crippen molar-refractivity contribution < 1.29 is 18.9 Å². The van der Waals surface area contributed by atoms with Gasteiger partial charge >= 0.3 is 0 Å². The standard InChI is InChI=1S/C24H34N2O4/c1-25(2)21-5-7-23-19(15-21)17-29-13-11-27-9-10-28-12-14-30-18-20-16-22(26(3)4)6-8-24(20)23/h5-8,15-16H,9-14,17-18H2,1-4H3. The molecule has 2 aromatic carbocycles. The minimum Gasteiger partial charge on any atom is -0.378 e. The first-order chi connectivity index (χ1) is 14.6. The van der Waals surface area contributed by atoms with E-state index < -0.39 is 0 Å². The highest BCUT2D eigenvalue weighted by Gasteiger charge is 2.14. The molecule has 0 atom stereocenters. The Kier molecular flexibility index (Phi) is 8.51. The first-order valence-corrected chi connectivity index (χ1v) is 10.5. The summed E-state index contributed by atoms with van der Waals surface area (Å²) >= 11 is 0. The van der Waals surface area contributed by atoms with Crippen molar-refractivity contribution in [3.63, 3.8) is 0 Å². The average Bonchev–Trinajstić information content (AvgIpc) is 2.73. The van der Waals surface area contributed by atoms with Gasteiger partial charge in [0.15, 0.2) is 0 Å². The summed E-state index contributed by atoms with van der Waals surface area (Å²) < 4.78 is 23.0. The number of hydrogen-bond acceptors (Lipinski definition) is 6. The van der Waals surface area contributed by atoms with Crippen LogP contribution in [0.2, 0.25) is 0 Å². The summed E-state index contributed by atoms with van der Waals surface area (Å²) in [5.74, 6) is 0. The van der Waals surface area contributed by atoms with Gasteiger partial charge in [-0.3, -0.25) is 0 Å². The van der Waals surface area contributed by atoms with Crippen molar-refractivity contribution in [1.82, 2.24) is 0 Å². The Morgan fingerprint density at radius 1 is 0.533 bits per heavy atom. The quantitative estimate of drug-likeness (QED) is 0.749. The van der Waals surface area contributed by atoms with Gasteiger partial charge in [-0.25, -0.2) is 0 Å². The van der Waals surface area contributed by atoms with Gasteiger partial charge in [-0.05, 0) is 46.5 Å². The van der Waals surface area contributed by atoms with Crippen molar-refractivity contribution in [2.75, 3.05) is 77.6 Å². The van der Waals surface area contributed by atoms with Crippen LogP contribution in [0.3, 0.4) is 0 Å². The number of anilines is 2. The number of benzene rings is 2.